The number of nitrogens with two attached hydrogens (primary N) is 1. The minimum Gasteiger partial charge on any atom is -0.492 e. The molecule has 2 N–H and O–H groups in total. The van der Waals surface area contributed by atoms with Crippen LogP contribution >= 0.6 is 11.3 Å². The molecule has 4 rings (SSSR count). The smallest absolute Gasteiger partial charge is 0.262 e. The Bertz CT molecular complexity index is 1130. The highest BCUT2D eigenvalue weighted by molar-refractivity contribution is 7.89. The molecule has 0 spiro atoms. The van der Waals surface area contributed by atoms with Crippen molar-refractivity contribution in [1.29, 1.82) is 0 Å². The molecule has 9 heteroatoms. The first kappa shape index (κ1) is 17.2. The molecule has 1 aromatic carbocycles. The van der Waals surface area contributed by atoms with Gasteiger partial charge in [-0.3, -0.25) is 9.36 Å². The Kier molecular flexibility index (Phi) is 4.29. The van der Waals surface area contributed by atoms with Gasteiger partial charge < -0.3 is 4.74 Å². The van der Waals surface area contributed by atoms with Crippen molar-refractivity contribution in [3.63, 3.8) is 0 Å². The summed E-state index contributed by atoms with van der Waals surface area (Å²) in [6.45, 7) is 0.636. The van der Waals surface area contributed by atoms with Crippen LogP contribution in [-0.4, -0.2) is 24.6 Å². The van der Waals surface area contributed by atoms with E-state index >= 15 is 0 Å². The molecule has 3 aromatic rings. The predicted molar refractivity (Wildman–Crippen MR) is 99.2 cm³/mol. The number of benzene rings is 1. The van der Waals surface area contributed by atoms with Gasteiger partial charge in [-0.05, 0) is 49.1 Å². The van der Waals surface area contributed by atoms with E-state index in [1.165, 1.54) is 29.1 Å². The maximum Gasteiger partial charge on any atom is 0.262 e. The second-order valence-electron chi connectivity index (χ2n) is 6.15. The van der Waals surface area contributed by atoms with E-state index in [9.17, 15) is 13.2 Å². The average molecular weight is 391 g/mol. The van der Waals surface area contributed by atoms with Crippen molar-refractivity contribution in [3.8, 4) is 5.75 Å². The standard InChI is InChI=1S/C17H17N3O4S2/c18-26(22,23)12-6-4-11(5-7-12)24-9-8-20-10-19-16-15(17(20)21)13-2-1-3-14(13)25-16/h4-7,10H,1-3,8-9H2,(H2,18,22,23). The highest BCUT2D eigenvalue weighted by Crippen LogP contribution is 2.34. The summed E-state index contributed by atoms with van der Waals surface area (Å²) >= 11 is 1.62. The van der Waals surface area contributed by atoms with Crippen LogP contribution in [0, 0.1) is 0 Å². The molecule has 0 amide bonds. The molecule has 0 aliphatic heterocycles. The maximum atomic E-state index is 12.7. The molecule has 2 heterocycles. The van der Waals surface area contributed by atoms with E-state index in [0.29, 0.717) is 12.3 Å². The number of sulfonamides is 1. The van der Waals surface area contributed by atoms with Crippen LogP contribution < -0.4 is 15.4 Å². The lowest BCUT2D eigenvalue weighted by atomic mass is 10.2. The minimum absolute atomic E-state index is 0.0254. The third-order valence-corrected chi connectivity index (χ3v) is 6.57. The summed E-state index contributed by atoms with van der Waals surface area (Å²) in [5, 5.41) is 5.81. The number of aromatic nitrogens is 2. The zero-order valence-corrected chi connectivity index (χ0v) is 15.5. The highest BCUT2D eigenvalue weighted by atomic mass is 32.2. The fourth-order valence-corrected chi connectivity index (χ4v) is 4.90. The molecule has 0 atom stereocenters. The van der Waals surface area contributed by atoms with E-state index < -0.39 is 10.0 Å². The van der Waals surface area contributed by atoms with Gasteiger partial charge in [0.2, 0.25) is 10.0 Å². The first-order chi connectivity index (χ1) is 12.4. The van der Waals surface area contributed by atoms with Gasteiger partial charge in [-0.1, -0.05) is 0 Å². The number of fused-ring (bicyclic) bond motifs is 3. The van der Waals surface area contributed by atoms with Crippen LogP contribution in [-0.2, 0) is 29.4 Å². The van der Waals surface area contributed by atoms with Crippen LogP contribution in [0.1, 0.15) is 16.9 Å². The van der Waals surface area contributed by atoms with Crippen LogP contribution in [0.4, 0.5) is 0 Å². The molecule has 0 unspecified atom stereocenters. The number of hydrogen-bond acceptors (Lipinski definition) is 6. The Hall–Kier alpha value is -2.23. The van der Waals surface area contributed by atoms with Gasteiger partial charge in [0.05, 0.1) is 23.2 Å². The monoisotopic (exact) mass is 391 g/mol. The first-order valence-corrected chi connectivity index (χ1v) is 10.5. The quantitative estimate of drug-likeness (QED) is 0.712. The van der Waals surface area contributed by atoms with Crippen molar-refractivity contribution in [2.75, 3.05) is 6.61 Å². The average Bonchev–Trinajstić information content (AvgIpc) is 3.17. The van der Waals surface area contributed by atoms with Crippen molar-refractivity contribution >= 4 is 31.6 Å². The molecule has 0 saturated heterocycles. The summed E-state index contributed by atoms with van der Waals surface area (Å²) in [7, 11) is -3.72. The Morgan fingerprint density at radius 3 is 2.73 bits per heavy atom. The van der Waals surface area contributed by atoms with Crippen LogP contribution in [0.25, 0.3) is 10.2 Å². The van der Waals surface area contributed by atoms with Gasteiger partial charge in [0.15, 0.2) is 0 Å². The Balaban J connectivity index is 1.48. The molecule has 1 aliphatic rings. The second-order valence-corrected chi connectivity index (χ2v) is 8.79. The largest absolute Gasteiger partial charge is 0.492 e. The van der Waals surface area contributed by atoms with E-state index in [4.69, 9.17) is 9.88 Å². The lowest BCUT2D eigenvalue weighted by Crippen LogP contribution is -2.23. The van der Waals surface area contributed by atoms with Crippen LogP contribution in [0.15, 0.2) is 40.3 Å². The van der Waals surface area contributed by atoms with Crippen molar-refractivity contribution in [1.82, 2.24) is 9.55 Å². The lowest BCUT2D eigenvalue weighted by molar-refractivity contribution is 0.296. The second kappa shape index (κ2) is 6.49. The number of ether oxygens (including phenoxy) is 1. The molecule has 0 saturated carbocycles. The zero-order chi connectivity index (χ0) is 18.3. The van der Waals surface area contributed by atoms with Crippen molar-refractivity contribution < 1.29 is 13.2 Å². The van der Waals surface area contributed by atoms with Crippen LogP contribution in [0.5, 0.6) is 5.75 Å². The molecule has 1 aliphatic carbocycles. The van der Waals surface area contributed by atoms with Gasteiger partial charge in [-0.25, -0.2) is 18.5 Å². The molecule has 136 valence electrons. The van der Waals surface area contributed by atoms with Crippen molar-refractivity contribution in [2.24, 2.45) is 5.14 Å². The number of aryl methyl sites for hydroxylation is 2. The highest BCUT2D eigenvalue weighted by Gasteiger charge is 2.21. The van der Waals surface area contributed by atoms with E-state index in [-0.39, 0.29) is 17.1 Å². The van der Waals surface area contributed by atoms with Gasteiger partial charge in [-0.2, -0.15) is 0 Å². The summed E-state index contributed by atoms with van der Waals surface area (Å²) in [5.74, 6) is 0.510. The molecule has 26 heavy (non-hydrogen) atoms. The zero-order valence-electron chi connectivity index (χ0n) is 13.8. The lowest BCUT2D eigenvalue weighted by Gasteiger charge is -2.09. The van der Waals surface area contributed by atoms with E-state index in [2.05, 4.69) is 4.98 Å². The molecule has 0 radical (unpaired) electrons. The number of hydrogen-bond donors (Lipinski definition) is 1. The Morgan fingerprint density at radius 2 is 2.00 bits per heavy atom. The summed E-state index contributed by atoms with van der Waals surface area (Å²) in [4.78, 5) is 19.3. The number of rotatable bonds is 5. The van der Waals surface area contributed by atoms with Crippen molar-refractivity contribution in [2.45, 2.75) is 30.7 Å². The van der Waals surface area contributed by atoms with Gasteiger partial charge in [0, 0.05) is 4.88 Å². The SMILES string of the molecule is NS(=O)(=O)c1ccc(OCCn2cnc3sc4c(c3c2=O)CCC4)cc1. The van der Waals surface area contributed by atoms with E-state index in [1.807, 2.05) is 0 Å². The van der Waals surface area contributed by atoms with E-state index in [0.717, 1.165) is 35.0 Å². The summed E-state index contributed by atoms with van der Waals surface area (Å²) in [5.41, 5.74) is 1.14. The fraction of sp³-hybridized carbons (Fsp3) is 0.294. The number of primary sulfonamides is 1. The maximum absolute atomic E-state index is 12.7. The molecule has 0 fully saturated rings. The summed E-state index contributed by atoms with van der Waals surface area (Å²) in [6, 6.07) is 5.85. The van der Waals surface area contributed by atoms with Crippen LogP contribution in [0.3, 0.4) is 0 Å². The third-order valence-electron chi connectivity index (χ3n) is 4.45. The summed E-state index contributed by atoms with van der Waals surface area (Å²) < 4.78 is 29.6. The molecular weight excluding hydrogens is 374 g/mol. The van der Waals surface area contributed by atoms with Crippen LogP contribution in [0.2, 0.25) is 0 Å². The van der Waals surface area contributed by atoms with Gasteiger partial charge in [0.1, 0.15) is 17.2 Å². The molecule has 2 aromatic heterocycles. The Morgan fingerprint density at radius 1 is 1.23 bits per heavy atom. The molecule has 7 nitrogen and oxygen atoms in total. The molecular formula is C17H17N3O4S2. The predicted octanol–water partition coefficient (Wildman–Crippen LogP) is 1.67. The van der Waals surface area contributed by atoms with Gasteiger partial charge in [0.25, 0.3) is 5.56 Å². The first-order valence-electron chi connectivity index (χ1n) is 8.19. The number of thiophene rings is 1. The normalized spacial score (nSPS) is 13.9. The summed E-state index contributed by atoms with van der Waals surface area (Å²) in [6.07, 6.45) is 4.64. The minimum atomic E-state index is -3.72. The van der Waals surface area contributed by atoms with E-state index in [1.54, 1.807) is 22.2 Å². The topological polar surface area (TPSA) is 104 Å². The molecule has 0 bridgehead atoms. The Labute approximate surface area is 154 Å². The third kappa shape index (κ3) is 3.13. The van der Waals surface area contributed by atoms with Crippen molar-refractivity contribution in [3.05, 3.63) is 51.4 Å². The number of nitrogens with zero attached hydrogens (tertiary/aromatic N) is 2. The van der Waals surface area contributed by atoms with Gasteiger partial charge in [-0.15, -0.1) is 11.3 Å². The van der Waals surface area contributed by atoms with Gasteiger partial charge >= 0.3 is 0 Å². The fourth-order valence-electron chi connectivity index (χ4n) is 3.17.